The molecule has 0 saturated carbocycles. The Morgan fingerprint density at radius 1 is 1.11 bits per heavy atom. The van der Waals surface area contributed by atoms with Gasteiger partial charge in [0.15, 0.2) is 0 Å². The zero-order chi connectivity index (χ0) is 13.4. The molecule has 2 aromatic rings. The third-order valence-electron chi connectivity index (χ3n) is 3.35. The van der Waals surface area contributed by atoms with Crippen molar-refractivity contribution in [2.24, 2.45) is 5.73 Å². The quantitative estimate of drug-likeness (QED) is 0.914. The highest BCUT2D eigenvalue weighted by molar-refractivity contribution is 6.30. The van der Waals surface area contributed by atoms with E-state index in [2.05, 4.69) is 0 Å². The van der Waals surface area contributed by atoms with Gasteiger partial charge in [0.05, 0.1) is 6.54 Å². The Bertz CT molecular complexity index is 624. The summed E-state index contributed by atoms with van der Waals surface area (Å²) in [6.07, 6.45) is 0. The lowest BCUT2D eigenvalue weighted by Gasteiger charge is -2.17. The van der Waals surface area contributed by atoms with Gasteiger partial charge < -0.3 is 10.6 Å². The van der Waals surface area contributed by atoms with Crippen LogP contribution >= 0.6 is 11.6 Å². The molecule has 2 N–H and O–H groups in total. The van der Waals surface area contributed by atoms with E-state index in [4.69, 9.17) is 17.3 Å². The fraction of sp³-hybridized carbons (Fsp3) is 0.133. The van der Waals surface area contributed by atoms with Crippen molar-refractivity contribution in [3.63, 3.8) is 0 Å². The SMILES string of the molecule is N[C@@H]1C(=O)N(Cc2ccc(Cl)cc2)c2ccccc21. The number of benzene rings is 2. The average Bonchev–Trinajstić information content (AvgIpc) is 2.67. The summed E-state index contributed by atoms with van der Waals surface area (Å²) in [6.45, 7) is 0.515. The number of rotatable bonds is 2. The summed E-state index contributed by atoms with van der Waals surface area (Å²) in [5.41, 5.74) is 8.76. The third-order valence-corrected chi connectivity index (χ3v) is 3.60. The van der Waals surface area contributed by atoms with E-state index in [9.17, 15) is 4.79 Å². The summed E-state index contributed by atoms with van der Waals surface area (Å²) in [7, 11) is 0. The molecular formula is C15H13ClN2O. The van der Waals surface area contributed by atoms with Crippen LogP contribution in [0.1, 0.15) is 17.2 Å². The van der Waals surface area contributed by atoms with Crippen LogP contribution in [-0.4, -0.2) is 5.91 Å². The number of carbonyl (C=O) groups is 1. The second-order valence-corrected chi connectivity index (χ2v) is 5.02. The maximum atomic E-state index is 12.2. The minimum absolute atomic E-state index is 0.0591. The fourth-order valence-electron chi connectivity index (χ4n) is 2.35. The van der Waals surface area contributed by atoms with Crippen LogP contribution in [0.2, 0.25) is 5.02 Å². The molecule has 0 aromatic heterocycles. The van der Waals surface area contributed by atoms with E-state index < -0.39 is 6.04 Å². The van der Waals surface area contributed by atoms with Crippen LogP contribution < -0.4 is 10.6 Å². The van der Waals surface area contributed by atoms with Crippen LogP contribution in [0.4, 0.5) is 5.69 Å². The molecule has 0 fully saturated rings. The monoisotopic (exact) mass is 272 g/mol. The summed E-state index contributed by atoms with van der Waals surface area (Å²) in [5, 5.41) is 0.689. The Balaban J connectivity index is 1.93. The van der Waals surface area contributed by atoms with Gasteiger partial charge >= 0.3 is 0 Å². The number of nitrogens with two attached hydrogens (primary N) is 1. The Morgan fingerprint density at radius 3 is 2.53 bits per heavy atom. The van der Waals surface area contributed by atoms with Gasteiger partial charge in [-0.2, -0.15) is 0 Å². The number of nitrogens with zero attached hydrogens (tertiary/aromatic N) is 1. The molecule has 0 spiro atoms. The smallest absolute Gasteiger partial charge is 0.248 e. The number of para-hydroxylation sites is 1. The molecule has 0 unspecified atom stereocenters. The molecule has 1 amide bonds. The van der Waals surface area contributed by atoms with Crippen molar-refractivity contribution in [3.05, 3.63) is 64.7 Å². The van der Waals surface area contributed by atoms with Gasteiger partial charge in [-0.25, -0.2) is 0 Å². The summed E-state index contributed by atoms with van der Waals surface area (Å²) in [6, 6.07) is 14.6. The lowest BCUT2D eigenvalue weighted by atomic mass is 10.1. The van der Waals surface area contributed by atoms with Gasteiger partial charge in [0, 0.05) is 16.3 Å². The maximum Gasteiger partial charge on any atom is 0.248 e. The number of anilines is 1. The van der Waals surface area contributed by atoms with E-state index in [1.807, 2.05) is 48.5 Å². The lowest BCUT2D eigenvalue weighted by Crippen LogP contribution is -2.31. The molecule has 3 nitrogen and oxygen atoms in total. The molecule has 0 bridgehead atoms. The van der Waals surface area contributed by atoms with Crippen molar-refractivity contribution in [2.45, 2.75) is 12.6 Å². The normalized spacial score (nSPS) is 17.7. The van der Waals surface area contributed by atoms with Crippen molar-refractivity contribution < 1.29 is 4.79 Å². The highest BCUT2D eigenvalue weighted by atomic mass is 35.5. The van der Waals surface area contributed by atoms with Crippen LogP contribution in [0.25, 0.3) is 0 Å². The number of fused-ring (bicyclic) bond motifs is 1. The Kier molecular flexibility index (Phi) is 3.01. The summed E-state index contributed by atoms with van der Waals surface area (Å²) in [5.74, 6) is -0.0591. The number of hydrogen-bond donors (Lipinski definition) is 1. The topological polar surface area (TPSA) is 46.3 Å². The van der Waals surface area contributed by atoms with Crippen LogP contribution in [0.5, 0.6) is 0 Å². The van der Waals surface area contributed by atoms with E-state index in [0.29, 0.717) is 11.6 Å². The van der Waals surface area contributed by atoms with Gasteiger partial charge in [0.1, 0.15) is 6.04 Å². The molecule has 2 aromatic carbocycles. The van der Waals surface area contributed by atoms with Gasteiger partial charge in [-0.15, -0.1) is 0 Å². The largest absolute Gasteiger partial charge is 0.316 e. The average molecular weight is 273 g/mol. The number of halogens is 1. The first-order valence-corrected chi connectivity index (χ1v) is 6.45. The molecular weight excluding hydrogens is 260 g/mol. The minimum Gasteiger partial charge on any atom is -0.316 e. The first-order valence-electron chi connectivity index (χ1n) is 6.07. The van der Waals surface area contributed by atoms with E-state index >= 15 is 0 Å². The van der Waals surface area contributed by atoms with Crippen LogP contribution in [0.3, 0.4) is 0 Å². The fourth-order valence-corrected chi connectivity index (χ4v) is 2.48. The van der Waals surface area contributed by atoms with Gasteiger partial charge in [0.25, 0.3) is 0 Å². The molecule has 19 heavy (non-hydrogen) atoms. The Morgan fingerprint density at radius 2 is 1.79 bits per heavy atom. The van der Waals surface area contributed by atoms with Gasteiger partial charge in [0.2, 0.25) is 5.91 Å². The minimum atomic E-state index is -0.552. The summed E-state index contributed by atoms with van der Waals surface area (Å²) in [4.78, 5) is 13.9. The summed E-state index contributed by atoms with van der Waals surface area (Å²) < 4.78 is 0. The Hall–Kier alpha value is -1.84. The van der Waals surface area contributed by atoms with Crippen molar-refractivity contribution >= 4 is 23.2 Å². The third kappa shape index (κ3) is 2.11. The van der Waals surface area contributed by atoms with Crippen LogP contribution in [-0.2, 0) is 11.3 Å². The first-order chi connectivity index (χ1) is 9.16. The van der Waals surface area contributed by atoms with E-state index in [0.717, 1.165) is 16.8 Å². The van der Waals surface area contributed by atoms with Gasteiger partial charge in [-0.1, -0.05) is 41.9 Å². The molecule has 0 aliphatic carbocycles. The van der Waals surface area contributed by atoms with Crippen molar-refractivity contribution in [1.29, 1.82) is 0 Å². The molecule has 1 atom stereocenters. The van der Waals surface area contributed by atoms with Gasteiger partial charge in [-0.3, -0.25) is 4.79 Å². The molecule has 1 aliphatic heterocycles. The zero-order valence-corrected chi connectivity index (χ0v) is 11.0. The van der Waals surface area contributed by atoms with E-state index in [-0.39, 0.29) is 5.91 Å². The van der Waals surface area contributed by atoms with Crippen molar-refractivity contribution in [1.82, 2.24) is 0 Å². The maximum absolute atomic E-state index is 12.2. The lowest BCUT2D eigenvalue weighted by molar-refractivity contribution is -0.119. The second-order valence-electron chi connectivity index (χ2n) is 4.59. The molecule has 0 saturated heterocycles. The highest BCUT2D eigenvalue weighted by Gasteiger charge is 2.34. The van der Waals surface area contributed by atoms with Crippen molar-refractivity contribution in [3.8, 4) is 0 Å². The van der Waals surface area contributed by atoms with Crippen molar-refractivity contribution in [2.75, 3.05) is 4.90 Å². The zero-order valence-electron chi connectivity index (χ0n) is 10.2. The van der Waals surface area contributed by atoms with E-state index in [1.54, 1.807) is 4.90 Å². The summed E-state index contributed by atoms with van der Waals surface area (Å²) >= 11 is 5.86. The second kappa shape index (κ2) is 4.68. The number of carbonyl (C=O) groups excluding carboxylic acids is 1. The number of amides is 1. The Labute approximate surface area is 116 Å². The van der Waals surface area contributed by atoms with E-state index in [1.165, 1.54) is 0 Å². The van der Waals surface area contributed by atoms with Crippen LogP contribution in [0.15, 0.2) is 48.5 Å². The predicted molar refractivity (Wildman–Crippen MR) is 76.0 cm³/mol. The molecule has 3 rings (SSSR count). The molecule has 0 radical (unpaired) electrons. The molecule has 1 aliphatic rings. The van der Waals surface area contributed by atoms with Crippen LogP contribution in [0, 0.1) is 0 Å². The molecule has 96 valence electrons. The van der Waals surface area contributed by atoms with Gasteiger partial charge in [-0.05, 0) is 23.8 Å². The first kappa shape index (κ1) is 12.2. The standard InChI is InChI=1S/C15H13ClN2O/c16-11-7-5-10(6-8-11)9-18-13-4-2-1-3-12(13)14(17)15(18)19/h1-8,14H,9,17H2/t14-/m0/s1. The highest BCUT2D eigenvalue weighted by Crippen LogP contribution is 2.35. The predicted octanol–water partition coefficient (Wildman–Crippen LogP) is 2.89. The molecule has 4 heteroatoms. The molecule has 1 heterocycles. The number of hydrogen-bond acceptors (Lipinski definition) is 2.